The molecule has 1 fully saturated rings. The van der Waals surface area contributed by atoms with Gasteiger partial charge in [0.25, 0.3) is 0 Å². The van der Waals surface area contributed by atoms with Crippen molar-refractivity contribution in [1.82, 2.24) is 10.2 Å². The van der Waals surface area contributed by atoms with Gasteiger partial charge in [0, 0.05) is 20.2 Å². The highest BCUT2D eigenvalue weighted by molar-refractivity contribution is 5.84. The largest absolute Gasteiger partial charge is 0.384 e. The lowest BCUT2D eigenvalue weighted by Crippen LogP contribution is -2.51. The summed E-state index contributed by atoms with van der Waals surface area (Å²) in [4.78, 5) is 15.7. The molecule has 2 heterocycles. The van der Waals surface area contributed by atoms with Crippen molar-refractivity contribution in [2.75, 3.05) is 26.8 Å². The van der Waals surface area contributed by atoms with Crippen molar-refractivity contribution in [3.05, 3.63) is 59.7 Å². The zero-order valence-corrected chi connectivity index (χ0v) is 15.3. The van der Waals surface area contributed by atoms with Crippen LogP contribution in [0.3, 0.4) is 0 Å². The van der Waals surface area contributed by atoms with E-state index in [0.717, 1.165) is 25.9 Å². The highest BCUT2D eigenvalue weighted by atomic mass is 16.5. The average molecular weight is 350 g/mol. The van der Waals surface area contributed by atoms with Crippen LogP contribution in [0.5, 0.6) is 0 Å². The van der Waals surface area contributed by atoms with Gasteiger partial charge in [-0.05, 0) is 48.2 Å². The van der Waals surface area contributed by atoms with Gasteiger partial charge in [-0.1, -0.05) is 48.5 Å². The van der Waals surface area contributed by atoms with Crippen LogP contribution in [-0.4, -0.2) is 37.6 Å². The Morgan fingerprint density at radius 1 is 1.00 bits per heavy atom. The molecule has 2 aliphatic rings. The van der Waals surface area contributed by atoms with Crippen molar-refractivity contribution in [3.8, 4) is 11.1 Å². The second-order valence-electron chi connectivity index (χ2n) is 7.44. The normalized spacial score (nSPS) is 18.6. The average Bonchev–Trinajstić information content (AvgIpc) is 2.85. The lowest BCUT2D eigenvalue weighted by Gasteiger charge is -2.39. The Labute approximate surface area is 155 Å². The number of carbonyl (C=O) groups excluding carboxylic acids is 1. The van der Waals surface area contributed by atoms with Gasteiger partial charge in [0.2, 0.25) is 5.91 Å². The number of hydrogen-bond donors (Lipinski definition) is 1. The number of nitrogens with one attached hydrogen (secondary N) is 1. The highest BCUT2D eigenvalue weighted by Gasteiger charge is 2.42. The number of hydrogen-bond acceptors (Lipinski definition) is 3. The summed E-state index contributed by atoms with van der Waals surface area (Å²) in [5.41, 5.74) is 4.50. The summed E-state index contributed by atoms with van der Waals surface area (Å²) >= 11 is 0. The predicted molar refractivity (Wildman–Crippen MR) is 103 cm³/mol. The van der Waals surface area contributed by atoms with E-state index < -0.39 is 5.41 Å². The molecule has 1 saturated heterocycles. The van der Waals surface area contributed by atoms with E-state index in [1.807, 2.05) is 4.90 Å². The van der Waals surface area contributed by atoms with E-state index in [9.17, 15) is 4.79 Å². The fourth-order valence-electron chi connectivity index (χ4n) is 4.39. The summed E-state index contributed by atoms with van der Waals surface area (Å²) < 4.78 is 5.49. The molecular formula is C22H26N2O2. The topological polar surface area (TPSA) is 41.6 Å². The first-order chi connectivity index (χ1) is 12.7. The molecule has 0 aliphatic carbocycles. The Morgan fingerprint density at radius 2 is 1.54 bits per heavy atom. The maximum atomic E-state index is 13.7. The number of benzene rings is 2. The van der Waals surface area contributed by atoms with Gasteiger partial charge >= 0.3 is 0 Å². The molecule has 0 bridgehead atoms. The molecule has 2 aromatic carbocycles. The first-order valence-electron chi connectivity index (χ1n) is 9.39. The summed E-state index contributed by atoms with van der Waals surface area (Å²) in [7, 11) is 1.70. The number of ether oxygens (including phenoxy) is 1. The SMILES string of the molecule is COCC1(C(=O)N2Cc3ccccc3-c3ccccc3C2)CCNCC1. The molecule has 0 spiro atoms. The second-order valence-corrected chi connectivity index (χ2v) is 7.44. The Bertz CT molecular complexity index is 743. The lowest BCUT2D eigenvalue weighted by molar-refractivity contribution is -0.149. The van der Waals surface area contributed by atoms with E-state index in [1.165, 1.54) is 22.3 Å². The van der Waals surface area contributed by atoms with Gasteiger partial charge in [-0.3, -0.25) is 4.79 Å². The minimum Gasteiger partial charge on any atom is -0.384 e. The van der Waals surface area contributed by atoms with E-state index in [4.69, 9.17) is 4.74 Å². The third kappa shape index (κ3) is 3.04. The van der Waals surface area contributed by atoms with Gasteiger partial charge in [0.1, 0.15) is 0 Å². The van der Waals surface area contributed by atoms with Crippen molar-refractivity contribution in [3.63, 3.8) is 0 Å². The van der Waals surface area contributed by atoms with Crippen LogP contribution < -0.4 is 5.32 Å². The molecule has 2 aliphatic heterocycles. The number of carbonyl (C=O) groups is 1. The molecule has 0 unspecified atom stereocenters. The van der Waals surface area contributed by atoms with Gasteiger partial charge < -0.3 is 15.0 Å². The van der Waals surface area contributed by atoms with Crippen LogP contribution in [0.25, 0.3) is 11.1 Å². The Balaban J connectivity index is 1.73. The number of methoxy groups -OCH3 is 1. The summed E-state index contributed by atoms with van der Waals surface area (Å²) in [6, 6.07) is 16.9. The van der Waals surface area contributed by atoms with E-state index in [1.54, 1.807) is 7.11 Å². The quantitative estimate of drug-likeness (QED) is 0.924. The third-order valence-electron chi connectivity index (χ3n) is 5.77. The summed E-state index contributed by atoms with van der Waals surface area (Å²) in [6.07, 6.45) is 1.67. The number of amides is 1. The van der Waals surface area contributed by atoms with Gasteiger partial charge in [0.05, 0.1) is 12.0 Å². The molecule has 4 rings (SSSR count). The van der Waals surface area contributed by atoms with E-state index in [-0.39, 0.29) is 5.91 Å². The van der Waals surface area contributed by atoms with Crippen LogP contribution in [0.2, 0.25) is 0 Å². The number of piperidine rings is 1. The predicted octanol–water partition coefficient (Wildman–Crippen LogP) is 3.21. The summed E-state index contributed by atoms with van der Waals surface area (Å²) in [5, 5.41) is 3.37. The number of nitrogens with zero attached hydrogens (tertiary/aromatic N) is 1. The Kier molecular flexibility index (Phi) is 4.79. The third-order valence-corrected chi connectivity index (χ3v) is 5.77. The molecule has 136 valence electrons. The van der Waals surface area contributed by atoms with Crippen LogP contribution in [-0.2, 0) is 22.6 Å². The molecule has 2 aromatic rings. The molecule has 0 radical (unpaired) electrons. The first kappa shape index (κ1) is 17.3. The van der Waals surface area contributed by atoms with Crippen molar-refractivity contribution in [1.29, 1.82) is 0 Å². The fourth-order valence-corrected chi connectivity index (χ4v) is 4.39. The second kappa shape index (κ2) is 7.22. The zero-order chi connectivity index (χ0) is 18.0. The minimum absolute atomic E-state index is 0.229. The molecule has 1 N–H and O–H groups in total. The van der Waals surface area contributed by atoms with Gasteiger partial charge in [-0.15, -0.1) is 0 Å². The first-order valence-corrected chi connectivity index (χ1v) is 9.39. The van der Waals surface area contributed by atoms with Crippen LogP contribution in [0.15, 0.2) is 48.5 Å². The van der Waals surface area contributed by atoms with Crippen molar-refractivity contribution < 1.29 is 9.53 Å². The van der Waals surface area contributed by atoms with Gasteiger partial charge in [-0.25, -0.2) is 0 Å². The molecule has 0 saturated carbocycles. The maximum absolute atomic E-state index is 13.7. The van der Waals surface area contributed by atoms with Crippen molar-refractivity contribution in [2.45, 2.75) is 25.9 Å². The standard InChI is InChI=1S/C22H26N2O2/c1-26-16-22(10-12-23-13-11-22)21(25)24-14-17-6-2-4-8-19(17)20-9-5-3-7-18(20)15-24/h2-9,23H,10-16H2,1H3. The van der Waals surface area contributed by atoms with Crippen LogP contribution in [0.4, 0.5) is 0 Å². The molecule has 1 amide bonds. The molecule has 0 aromatic heterocycles. The molecular weight excluding hydrogens is 324 g/mol. The van der Waals surface area contributed by atoms with E-state index in [2.05, 4.69) is 53.8 Å². The molecule has 4 nitrogen and oxygen atoms in total. The highest BCUT2D eigenvalue weighted by Crippen LogP contribution is 2.37. The van der Waals surface area contributed by atoms with Crippen molar-refractivity contribution in [2.24, 2.45) is 5.41 Å². The number of rotatable bonds is 3. The van der Waals surface area contributed by atoms with Crippen LogP contribution >= 0.6 is 0 Å². The molecule has 4 heteroatoms. The smallest absolute Gasteiger partial charge is 0.231 e. The maximum Gasteiger partial charge on any atom is 0.231 e. The van der Waals surface area contributed by atoms with Gasteiger partial charge in [0.15, 0.2) is 0 Å². The van der Waals surface area contributed by atoms with E-state index >= 15 is 0 Å². The fraction of sp³-hybridized carbons (Fsp3) is 0.409. The Morgan fingerprint density at radius 3 is 2.08 bits per heavy atom. The zero-order valence-electron chi connectivity index (χ0n) is 15.3. The molecule has 26 heavy (non-hydrogen) atoms. The summed E-state index contributed by atoms with van der Waals surface area (Å²) in [5.74, 6) is 0.229. The summed E-state index contributed by atoms with van der Waals surface area (Å²) in [6.45, 7) is 3.55. The van der Waals surface area contributed by atoms with Crippen LogP contribution in [0, 0.1) is 5.41 Å². The Hall–Kier alpha value is -2.17. The minimum atomic E-state index is -0.409. The molecule has 0 atom stereocenters. The van der Waals surface area contributed by atoms with Crippen LogP contribution in [0.1, 0.15) is 24.0 Å². The lowest BCUT2D eigenvalue weighted by atomic mass is 9.78. The number of fused-ring (bicyclic) bond motifs is 3. The van der Waals surface area contributed by atoms with E-state index in [0.29, 0.717) is 19.7 Å². The monoisotopic (exact) mass is 350 g/mol. The van der Waals surface area contributed by atoms with Crippen molar-refractivity contribution >= 4 is 5.91 Å². The van der Waals surface area contributed by atoms with Gasteiger partial charge in [-0.2, -0.15) is 0 Å².